The van der Waals surface area contributed by atoms with E-state index in [1.54, 1.807) is 19.2 Å². The Balaban J connectivity index is 0.000000429. The van der Waals surface area contributed by atoms with Crippen LogP contribution < -0.4 is 19.9 Å². The van der Waals surface area contributed by atoms with Gasteiger partial charge in [-0.3, -0.25) is 9.28 Å². The molecule has 3 unspecified atom stereocenters. The maximum absolute atomic E-state index is 12.6. The number of aliphatic carboxylic acids is 1. The van der Waals surface area contributed by atoms with Crippen LogP contribution in [0.1, 0.15) is 36.5 Å². The molecule has 7 nitrogen and oxygen atoms in total. The maximum Gasteiger partial charge on any atom is 0.490 e. The number of carboxylic acids is 1. The average molecular weight is 495 g/mol. The monoisotopic (exact) mass is 494 g/mol. The lowest BCUT2D eigenvalue weighted by atomic mass is 10.1. The highest BCUT2D eigenvalue weighted by atomic mass is 19.4. The summed E-state index contributed by atoms with van der Waals surface area (Å²) in [5.41, 5.74) is 2.79. The van der Waals surface area contributed by atoms with Crippen molar-refractivity contribution in [3.8, 4) is 5.75 Å². The number of rotatable bonds is 5. The number of hydrogen-bond donors (Lipinski definition) is 3. The Morgan fingerprint density at radius 2 is 1.83 bits per heavy atom. The minimum atomic E-state index is -5.08. The van der Waals surface area contributed by atoms with Gasteiger partial charge in [-0.05, 0) is 37.3 Å². The van der Waals surface area contributed by atoms with E-state index in [9.17, 15) is 18.0 Å². The molecule has 2 aromatic rings. The number of hydrogen-bond acceptors (Lipinski definition) is 4. The van der Waals surface area contributed by atoms with Crippen LogP contribution in [0.3, 0.4) is 0 Å². The predicted octanol–water partition coefficient (Wildman–Crippen LogP) is 4.43. The van der Waals surface area contributed by atoms with Crippen LogP contribution in [-0.2, 0) is 4.79 Å². The number of methoxy groups -OCH3 is 1. The van der Waals surface area contributed by atoms with E-state index < -0.39 is 12.1 Å². The van der Waals surface area contributed by atoms with E-state index in [2.05, 4.69) is 29.7 Å². The molecule has 1 amide bonds. The molecule has 190 valence electrons. The van der Waals surface area contributed by atoms with Gasteiger partial charge < -0.3 is 20.5 Å². The summed E-state index contributed by atoms with van der Waals surface area (Å²) in [5.74, 6) is -2.19. The summed E-state index contributed by atoms with van der Waals surface area (Å²) in [7, 11) is 1.60. The zero-order valence-electron chi connectivity index (χ0n) is 19.8. The maximum atomic E-state index is 12.6. The minimum Gasteiger partial charge on any atom is -0.497 e. The van der Waals surface area contributed by atoms with Crippen LogP contribution in [0.15, 0.2) is 48.5 Å². The molecule has 0 bridgehead atoms. The normalized spacial score (nSPS) is 23.8. The van der Waals surface area contributed by atoms with Gasteiger partial charge in [0.1, 0.15) is 17.5 Å². The number of benzene rings is 2. The van der Waals surface area contributed by atoms with Crippen LogP contribution >= 0.6 is 0 Å². The molecule has 0 aliphatic carbocycles. The third-order valence-electron chi connectivity index (χ3n) is 6.80. The molecule has 2 aromatic carbocycles. The number of anilines is 1. The van der Waals surface area contributed by atoms with Gasteiger partial charge in [0.05, 0.1) is 19.7 Å². The second-order valence-corrected chi connectivity index (χ2v) is 8.83. The Morgan fingerprint density at radius 1 is 1.14 bits per heavy atom. The first-order chi connectivity index (χ1) is 16.6. The van der Waals surface area contributed by atoms with E-state index in [0.717, 1.165) is 23.3 Å². The molecule has 3 atom stereocenters. The van der Waals surface area contributed by atoms with Crippen LogP contribution in [0.25, 0.3) is 0 Å². The molecule has 2 saturated heterocycles. The van der Waals surface area contributed by atoms with Crippen molar-refractivity contribution in [1.29, 1.82) is 0 Å². The molecule has 0 radical (unpaired) electrons. The average Bonchev–Trinajstić information content (AvgIpc) is 3.50. The minimum absolute atomic E-state index is 0.120. The number of amides is 1. The lowest BCUT2D eigenvalue weighted by Gasteiger charge is -2.43. The van der Waals surface area contributed by atoms with Gasteiger partial charge in [0, 0.05) is 55.7 Å². The number of carbonyl (C=O) groups excluding carboxylic acids is 1. The van der Waals surface area contributed by atoms with Crippen molar-refractivity contribution in [2.45, 2.75) is 44.4 Å². The molecule has 35 heavy (non-hydrogen) atoms. The summed E-state index contributed by atoms with van der Waals surface area (Å²) in [6.07, 6.45) is -1.28. The number of carbonyl (C=O) groups is 2. The zero-order chi connectivity index (χ0) is 25.6. The van der Waals surface area contributed by atoms with E-state index in [-0.39, 0.29) is 5.91 Å². The van der Waals surface area contributed by atoms with E-state index in [4.69, 9.17) is 14.6 Å². The highest BCUT2D eigenvalue weighted by Crippen LogP contribution is 2.39. The number of carboxylic acid groups (broad SMARTS) is 1. The van der Waals surface area contributed by atoms with Crippen molar-refractivity contribution >= 4 is 23.3 Å². The summed E-state index contributed by atoms with van der Waals surface area (Å²) >= 11 is 0. The van der Waals surface area contributed by atoms with Crippen molar-refractivity contribution in [3.05, 3.63) is 54.1 Å². The quantitative estimate of drug-likeness (QED) is 0.536. The first kappa shape index (κ1) is 26.5. The van der Waals surface area contributed by atoms with E-state index in [1.807, 2.05) is 24.3 Å². The largest absolute Gasteiger partial charge is 0.497 e. The number of alkyl halides is 3. The molecule has 4 rings (SSSR count). The Labute approximate surface area is 202 Å². The Morgan fingerprint density at radius 3 is 2.34 bits per heavy atom. The molecule has 2 aliphatic heterocycles. The number of likely N-dealkylation sites (tertiary alicyclic amines) is 1. The SMILES string of the molecule is COc1cccc(C(=O)Nc2ccc([N+]3(C4CCNC4)CCCC3C)cc2)c1.O=C(O)C(F)(F)F. The van der Waals surface area contributed by atoms with E-state index in [0.29, 0.717) is 23.4 Å². The van der Waals surface area contributed by atoms with E-state index in [1.165, 1.54) is 31.5 Å². The van der Waals surface area contributed by atoms with Crippen molar-refractivity contribution in [2.75, 3.05) is 32.1 Å². The summed E-state index contributed by atoms with van der Waals surface area (Å²) in [6, 6.07) is 17.0. The number of nitrogens with one attached hydrogen (secondary N) is 2. The summed E-state index contributed by atoms with van der Waals surface area (Å²) in [5, 5.41) is 13.7. The van der Waals surface area contributed by atoms with Gasteiger partial charge >= 0.3 is 12.1 Å². The van der Waals surface area contributed by atoms with Gasteiger partial charge in [-0.25, -0.2) is 4.79 Å². The van der Waals surface area contributed by atoms with Gasteiger partial charge in [0.15, 0.2) is 0 Å². The fourth-order valence-electron chi connectivity index (χ4n) is 5.06. The molecular formula is C25H31F3N3O4+. The van der Waals surface area contributed by atoms with Crippen molar-refractivity contribution < 1.29 is 32.6 Å². The van der Waals surface area contributed by atoms with Gasteiger partial charge in [-0.1, -0.05) is 6.07 Å². The van der Waals surface area contributed by atoms with Crippen LogP contribution in [0.4, 0.5) is 24.5 Å². The molecule has 0 spiro atoms. The summed E-state index contributed by atoms with van der Waals surface area (Å²) in [6.45, 7) is 5.82. The predicted molar refractivity (Wildman–Crippen MR) is 128 cm³/mol. The second kappa shape index (κ2) is 11.1. The lowest BCUT2D eigenvalue weighted by Crippen LogP contribution is -2.59. The van der Waals surface area contributed by atoms with E-state index >= 15 is 0 Å². The number of nitrogens with zero attached hydrogens (tertiary/aromatic N) is 1. The van der Waals surface area contributed by atoms with Crippen LogP contribution in [0.2, 0.25) is 0 Å². The molecular weight excluding hydrogens is 463 g/mol. The molecule has 10 heteroatoms. The topological polar surface area (TPSA) is 87.7 Å². The van der Waals surface area contributed by atoms with Crippen LogP contribution in [0.5, 0.6) is 5.75 Å². The Bertz CT molecular complexity index is 1020. The third kappa shape index (κ3) is 6.12. The second-order valence-electron chi connectivity index (χ2n) is 8.83. The lowest BCUT2D eigenvalue weighted by molar-refractivity contribution is -0.192. The number of quaternary nitrogens is 1. The smallest absolute Gasteiger partial charge is 0.490 e. The first-order valence-corrected chi connectivity index (χ1v) is 11.5. The fraction of sp³-hybridized carbons (Fsp3) is 0.440. The Kier molecular flexibility index (Phi) is 8.39. The van der Waals surface area contributed by atoms with Crippen molar-refractivity contribution in [1.82, 2.24) is 9.80 Å². The summed E-state index contributed by atoms with van der Waals surface area (Å²) in [4.78, 5) is 21.5. The van der Waals surface area contributed by atoms with Crippen LogP contribution in [0, 0.1) is 0 Å². The van der Waals surface area contributed by atoms with Gasteiger partial charge in [-0.15, -0.1) is 0 Å². The first-order valence-electron chi connectivity index (χ1n) is 11.5. The fourth-order valence-corrected chi connectivity index (χ4v) is 5.06. The van der Waals surface area contributed by atoms with Crippen LogP contribution in [-0.4, -0.2) is 62.0 Å². The van der Waals surface area contributed by atoms with Gasteiger partial charge in [0.25, 0.3) is 5.91 Å². The molecule has 3 N–H and O–H groups in total. The Hall–Kier alpha value is -3.11. The summed E-state index contributed by atoms with van der Waals surface area (Å²) < 4.78 is 38.0. The van der Waals surface area contributed by atoms with Gasteiger partial charge in [0.2, 0.25) is 0 Å². The zero-order valence-corrected chi connectivity index (χ0v) is 19.8. The molecule has 0 saturated carbocycles. The highest BCUT2D eigenvalue weighted by Gasteiger charge is 2.47. The van der Waals surface area contributed by atoms with Gasteiger partial charge in [-0.2, -0.15) is 13.2 Å². The number of ether oxygens (including phenoxy) is 1. The molecule has 2 heterocycles. The highest BCUT2D eigenvalue weighted by molar-refractivity contribution is 6.04. The van der Waals surface area contributed by atoms with Crippen molar-refractivity contribution in [3.63, 3.8) is 0 Å². The molecule has 2 fully saturated rings. The molecule has 0 aromatic heterocycles. The molecule has 2 aliphatic rings. The number of halogens is 3. The standard InChI is InChI=1S/C23H29N3O2.C2HF3O2/c1-17-5-4-14-26(17,21-12-13-24-16-21)20-10-8-19(9-11-20)25-23(27)18-6-3-7-22(15-18)28-2;3-2(4,5)1(6)7/h3,6-11,15,17,21,24H,4-5,12-14,16H2,1-2H3;(H,6,7)/p+1. The van der Waals surface area contributed by atoms with Crippen molar-refractivity contribution in [2.24, 2.45) is 0 Å². The third-order valence-corrected chi connectivity index (χ3v) is 6.80.